The normalized spacial score (nSPS) is 10.8. The third-order valence-corrected chi connectivity index (χ3v) is 3.89. The first kappa shape index (κ1) is 14.3. The molecule has 1 aromatic heterocycles. The van der Waals surface area contributed by atoms with Crippen LogP contribution >= 0.6 is 27.5 Å². The number of anilines is 1. The van der Waals surface area contributed by atoms with E-state index in [-0.39, 0.29) is 5.28 Å². The van der Waals surface area contributed by atoms with Crippen LogP contribution in [0.5, 0.6) is 0 Å². The molecule has 0 atom stereocenters. The predicted octanol–water partition coefficient (Wildman–Crippen LogP) is 4.70. The molecular formula is C16H13BrClN3. The van der Waals surface area contributed by atoms with Crippen molar-refractivity contribution >= 4 is 44.3 Å². The van der Waals surface area contributed by atoms with Gasteiger partial charge in [0.05, 0.1) is 5.52 Å². The molecule has 0 aliphatic rings. The summed E-state index contributed by atoms with van der Waals surface area (Å²) in [4.78, 5) is 8.50. The third kappa shape index (κ3) is 3.52. The molecule has 106 valence electrons. The zero-order valence-corrected chi connectivity index (χ0v) is 13.5. The van der Waals surface area contributed by atoms with Gasteiger partial charge in [0, 0.05) is 16.4 Å². The van der Waals surface area contributed by atoms with E-state index in [4.69, 9.17) is 11.6 Å². The number of para-hydroxylation sites is 1. The molecule has 0 spiro atoms. The Bertz CT molecular complexity index is 759. The van der Waals surface area contributed by atoms with E-state index in [2.05, 4.69) is 43.3 Å². The Morgan fingerprint density at radius 2 is 1.76 bits per heavy atom. The molecule has 0 fully saturated rings. The van der Waals surface area contributed by atoms with Gasteiger partial charge in [0.1, 0.15) is 5.82 Å². The van der Waals surface area contributed by atoms with Crippen molar-refractivity contribution < 1.29 is 0 Å². The molecule has 0 saturated carbocycles. The summed E-state index contributed by atoms with van der Waals surface area (Å²) >= 11 is 9.41. The predicted molar refractivity (Wildman–Crippen MR) is 90.9 cm³/mol. The van der Waals surface area contributed by atoms with Crippen molar-refractivity contribution in [3.63, 3.8) is 0 Å². The number of aromatic nitrogens is 2. The number of fused-ring (bicyclic) bond motifs is 1. The summed E-state index contributed by atoms with van der Waals surface area (Å²) in [6.07, 6.45) is 0.920. The number of hydrogen-bond donors (Lipinski definition) is 1. The third-order valence-electron chi connectivity index (χ3n) is 3.20. The fourth-order valence-corrected chi connectivity index (χ4v) is 2.60. The van der Waals surface area contributed by atoms with Crippen molar-refractivity contribution in [1.82, 2.24) is 9.97 Å². The molecule has 0 unspecified atom stereocenters. The summed E-state index contributed by atoms with van der Waals surface area (Å²) in [7, 11) is 0. The average Bonchev–Trinajstić information content (AvgIpc) is 2.49. The average molecular weight is 363 g/mol. The Labute approximate surface area is 136 Å². The molecular weight excluding hydrogens is 350 g/mol. The molecule has 3 nitrogen and oxygen atoms in total. The van der Waals surface area contributed by atoms with Crippen LogP contribution in [0.1, 0.15) is 5.56 Å². The van der Waals surface area contributed by atoms with Crippen molar-refractivity contribution in [2.24, 2.45) is 0 Å². The minimum Gasteiger partial charge on any atom is -0.369 e. The fraction of sp³-hybridized carbons (Fsp3) is 0.125. The monoisotopic (exact) mass is 361 g/mol. The van der Waals surface area contributed by atoms with Crippen LogP contribution < -0.4 is 5.32 Å². The van der Waals surface area contributed by atoms with E-state index in [1.165, 1.54) is 5.56 Å². The molecule has 0 aliphatic heterocycles. The van der Waals surface area contributed by atoms with E-state index >= 15 is 0 Å². The Kier molecular flexibility index (Phi) is 4.36. The molecule has 0 bridgehead atoms. The molecule has 1 heterocycles. The quantitative estimate of drug-likeness (QED) is 0.684. The Hall–Kier alpha value is -1.65. The number of nitrogens with one attached hydrogen (secondary N) is 1. The van der Waals surface area contributed by atoms with E-state index in [0.717, 1.165) is 34.2 Å². The van der Waals surface area contributed by atoms with E-state index in [1.54, 1.807) is 0 Å². The summed E-state index contributed by atoms with van der Waals surface area (Å²) in [5.41, 5.74) is 2.12. The van der Waals surface area contributed by atoms with Crippen LogP contribution in [0, 0.1) is 0 Å². The molecule has 1 N–H and O–H groups in total. The van der Waals surface area contributed by atoms with Gasteiger partial charge < -0.3 is 5.32 Å². The number of hydrogen-bond acceptors (Lipinski definition) is 3. The second-order valence-electron chi connectivity index (χ2n) is 4.66. The van der Waals surface area contributed by atoms with Gasteiger partial charge in [-0.1, -0.05) is 40.2 Å². The molecule has 0 radical (unpaired) electrons. The van der Waals surface area contributed by atoms with Crippen molar-refractivity contribution in [1.29, 1.82) is 0 Å². The molecule has 0 aliphatic carbocycles. The van der Waals surface area contributed by atoms with Gasteiger partial charge in [-0.05, 0) is 47.9 Å². The zero-order valence-electron chi connectivity index (χ0n) is 11.2. The van der Waals surface area contributed by atoms with Crippen LogP contribution in [0.25, 0.3) is 10.9 Å². The lowest BCUT2D eigenvalue weighted by Gasteiger charge is -2.09. The first-order chi connectivity index (χ1) is 10.2. The van der Waals surface area contributed by atoms with Gasteiger partial charge in [0.15, 0.2) is 0 Å². The summed E-state index contributed by atoms with van der Waals surface area (Å²) in [5.74, 6) is 0.780. The Morgan fingerprint density at radius 1 is 1.00 bits per heavy atom. The van der Waals surface area contributed by atoms with Crippen molar-refractivity contribution in [3.8, 4) is 0 Å². The maximum absolute atomic E-state index is 5.97. The van der Waals surface area contributed by atoms with Crippen molar-refractivity contribution in [3.05, 3.63) is 63.9 Å². The summed E-state index contributed by atoms with van der Waals surface area (Å²) < 4.78 is 1.09. The smallest absolute Gasteiger partial charge is 0.224 e. The lowest BCUT2D eigenvalue weighted by Crippen LogP contribution is -2.07. The number of halogens is 2. The maximum atomic E-state index is 5.97. The zero-order chi connectivity index (χ0) is 14.7. The minimum atomic E-state index is 0.264. The Balaban J connectivity index is 1.74. The first-order valence-corrected chi connectivity index (χ1v) is 7.80. The van der Waals surface area contributed by atoms with E-state index < -0.39 is 0 Å². The van der Waals surface area contributed by atoms with Crippen LogP contribution in [-0.4, -0.2) is 16.5 Å². The van der Waals surface area contributed by atoms with E-state index in [9.17, 15) is 0 Å². The number of benzene rings is 2. The van der Waals surface area contributed by atoms with Crippen molar-refractivity contribution in [2.45, 2.75) is 6.42 Å². The van der Waals surface area contributed by atoms with Crippen LogP contribution in [0.15, 0.2) is 53.0 Å². The molecule has 3 aromatic rings. The topological polar surface area (TPSA) is 37.8 Å². The lowest BCUT2D eigenvalue weighted by atomic mass is 10.1. The maximum Gasteiger partial charge on any atom is 0.224 e. The summed E-state index contributed by atoms with van der Waals surface area (Å²) in [6.45, 7) is 0.791. The number of rotatable bonds is 4. The highest BCUT2D eigenvalue weighted by Gasteiger charge is 2.05. The number of nitrogens with zero attached hydrogens (tertiary/aromatic N) is 2. The van der Waals surface area contributed by atoms with Gasteiger partial charge in [0.2, 0.25) is 5.28 Å². The molecule has 0 amide bonds. The summed E-state index contributed by atoms with van der Waals surface area (Å²) in [5, 5.41) is 4.59. The largest absolute Gasteiger partial charge is 0.369 e. The van der Waals surface area contributed by atoms with Gasteiger partial charge in [-0.2, -0.15) is 0 Å². The molecule has 3 rings (SSSR count). The van der Waals surface area contributed by atoms with Gasteiger partial charge in [0.25, 0.3) is 0 Å². The summed E-state index contributed by atoms with van der Waals surface area (Å²) in [6, 6.07) is 16.2. The molecule has 5 heteroatoms. The standard InChI is InChI=1S/C16H13BrClN3/c17-12-7-5-11(6-8-12)9-10-19-15-13-3-1-2-4-14(13)20-16(18)21-15/h1-8H,9-10H2,(H,19,20,21). The second-order valence-corrected chi connectivity index (χ2v) is 5.92. The second kappa shape index (κ2) is 6.41. The Morgan fingerprint density at radius 3 is 2.57 bits per heavy atom. The van der Waals surface area contributed by atoms with E-state index in [1.807, 2.05) is 36.4 Å². The van der Waals surface area contributed by atoms with Crippen LogP contribution in [-0.2, 0) is 6.42 Å². The van der Waals surface area contributed by atoms with Gasteiger partial charge in [-0.3, -0.25) is 0 Å². The molecule has 21 heavy (non-hydrogen) atoms. The highest BCUT2D eigenvalue weighted by atomic mass is 79.9. The minimum absolute atomic E-state index is 0.264. The van der Waals surface area contributed by atoms with E-state index in [0.29, 0.717) is 0 Å². The highest BCUT2D eigenvalue weighted by molar-refractivity contribution is 9.10. The fourth-order valence-electron chi connectivity index (χ4n) is 2.16. The highest BCUT2D eigenvalue weighted by Crippen LogP contribution is 2.21. The van der Waals surface area contributed by atoms with Gasteiger partial charge >= 0.3 is 0 Å². The van der Waals surface area contributed by atoms with Crippen molar-refractivity contribution in [2.75, 3.05) is 11.9 Å². The van der Waals surface area contributed by atoms with Crippen LogP contribution in [0.2, 0.25) is 5.28 Å². The van der Waals surface area contributed by atoms with Gasteiger partial charge in [-0.15, -0.1) is 0 Å². The lowest BCUT2D eigenvalue weighted by molar-refractivity contribution is 1.01. The molecule has 2 aromatic carbocycles. The SMILES string of the molecule is Clc1nc(NCCc2ccc(Br)cc2)c2ccccc2n1. The van der Waals surface area contributed by atoms with Crippen LogP contribution in [0.3, 0.4) is 0 Å². The van der Waals surface area contributed by atoms with Crippen LogP contribution in [0.4, 0.5) is 5.82 Å². The molecule has 0 saturated heterocycles. The first-order valence-electron chi connectivity index (χ1n) is 6.63. The van der Waals surface area contributed by atoms with Gasteiger partial charge in [-0.25, -0.2) is 9.97 Å².